The van der Waals surface area contributed by atoms with E-state index in [0.717, 1.165) is 21.2 Å². The number of hydrogen-bond acceptors (Lipinski definition) is 5. The van der Waals surface area contributed by atoms with E-state index in [1.54, 1.807) is 10.6 Å². The zero-order valence-electron chi connectivity index (χ0n) is 12.0. The Morgan fingerprint density at radius 1 is 1.18 bits per heavy atom. The molecule has 5 nitrogen and oxygen atoms in total. The van der Waals surface area contributed by atoms with Gasteiger partial charge in [-0.1, -0.05) is 11.3 Å². The van der Waals surface area contributed by atoms with Crippen molar-refractivity contribution in [3.63, 3.8) is 0 Å². The number of fused-ring (bicyclic) bond motifs is 2. The van der Waals surface area contributed by atoms with Gasteiger partial charge in [0, 0.05) is 25.0 Å². The summed E-state index contributed by atoms with van der Waals surface area (Å²) in [6, 6.07) is 5.22. The first-order valence-electron chi connectivity index (χ1n) is 6.74. The molecular weight excluding hydrogens is 301 g/mol. The topological polar surface area (TPSA) is 55.1 Å². The second kappa shape index (κ2) is 4.74. The summed E-state index contributed by atoms with van der Waals surface area (Å²) in [4.78, 5) is 14.0. The van der Waals surface area contributed by atoms with Gasteiger partial charge in [0.15, 0.2) is 16.6 Å². The lowest BCUT2D eigenvalue weighted by molar-refractivity contribution is 0.630. The highest BCUT2D eigenvalue weighted by Crippen LogP contribution is 2.28. The molecule has 4 heterocycles. The highest BCUT2D eigenvalue weighted by molar-refractivity contribution is 7.21. The van der Waals surface area contributed by atoms with E-state index in [2.05, 4.69) is 20.3 Å². The molecule has 0 spiro atoms. The Morgan fingerprint density at radius 3 is 2.86 bits per heavy atom. The van der Waals surface area contributed by atoms with Gasteiger partial charge >= 0.3 is 0 Å². The van der Waals surface area contributed by atoms with Crippen molar-refractivity contribution in [3.05, 3.63) is 42.1 Å². The molecule has 0 saturated carbocycles. The minimum atomic E-state index is -0.354. The number of nitrogens with one attached hydrogen (secondary N) is 1. The molecule has 22 heavy (non-hydrogen) atoms. The Morgan fingerprint density at radius 2 is 2.05 bits per heavy atom. The summed E-state index contributed by atoms with van der Waals surface area (Å²) >= 11 is 1.47. The number of nitrogens with zero attached hydrogens (tertiary/aromatic N) is 4. The Labute approximate surface area is 129 Å². The lowest BCUT2D eigenvalue weighted by atomic mass is 10.2. The first kappa shape index (κ1) is 13.1. The predicted octanol–water partition coefficient (Wildman–Crippen LogP) is 3.50. The second-order valence-corrected chi connectivity index (χ2v) is 5.96. The molecule has 0 radical (unpaired) electrons. The van der Waals surface area contributed by atoms with Gasteiger partial charge in [-0.2, -0.15) is 0 Å². The Hall–Kier alpha value is -2.54. The zero-order valence-corrected chi connectivity index (χ0v) is 12.8. The molecule has 4 aromatic heterocycles. The van der Waals surface area contributed by atoms with Gasteiger partial charge in [-0.15, -0.1) is 0 Å². The molecule has 0 amide bonds. The summed E-state index contributed by atoms with van der Waals surface area (Å²) in [6.07, 6.45) is 3.64. The molecule has 4 aromatic rings. The molecule has 7 heteroatoms. The second-order valence-electron chi connectivity index (χ2n) is 4.98. The van der Waals surface area contributed by atoms with E-state index in [1.807, 2.05) is 32.3 Å². The van der Waals surface area contributed by atoms with Crippen LogP contribution in [0, 0.1) is 12.7 Å². The van der Waals surface area contributed by atoms with Crippen LogP contribution < -0.4 is 5.32 Å². The van der Waals surface area contributed by atoms with Gasteiger partial charge < -0.3 is 9.72 Å². The lowest BCUT2D eigenvalue weighted by Gasteiger charge is -2.03. The number of rotatable bonds is 2. The number of aromatic nitrogens is 4. The standard InChI is InChI=1S/C15H12FN5S/c1-8-6-21-7-9(5-10(16)13(21)18-8)11-3-4-12-14(19-11)22-15(17-2)20-12/h3-7H,1-2H3,(H,17,20). The molecule has 0 aliphatic heterocycles. The maximum atomic E-state index is 14.2. The van der Waals surface area contributed by atoms with Crippen LogP contribution in [0.5, 0.6) is 0 Å². The summed E-state index contributed by atoms with van der Waals surface area (Å²) in [7, 11) is 1.82. The molecule has 0 aromatic carbocycles. The quantitative estimate of drug-likeness (QED) is 0.615. The number of imidazole rings is 1. The van der Waals surface area contributed by atoms with Crippen LogP contribution in [-0.4, -0.2) is 26.4 Å². The van der Waals surface area contributed by atoms with E-state index in [1.165, 1.54) is 17.4 Å². The predicted molar refractivity (Wildman–Crippen MR) is 85.8 cm³/mol. The van der Waals surface area contributed by atoms with Gasteiger partial charge in [-0.3, -0.25) is 0 Å². The Bertz CT molecular complexity index is 1000. The van der Waals surface area contributed by atoms with E-state index in [9.17, 15) is 4.39 Å². The molecule has 0 bridgehead atoms. The fraction of sp³-hybridized carbons (Fsp3) is 0.133. The van der Waals surface area contributed by atoms with Crippen molar-refractivity contribution in [2.24, 2.45) is 0 Å². The van der Waals surface area contributed by atoms with Crippen molar-refractivity contribution >= 4 is 32.5 Å². The van der Waals surface area contributed by atoms with Gasteiger partial charge in [0.1, 0.15) is 10.3 Å². The number of anilines is 1. The third-order valence-corrected chi connectivity index (χ3v) is 4.37. The Balaban J connectivity index is 1.90. The van der Waals surface area contributed by atoms with Crippen LogP contribution >= 0.6 is 11.3 Å². The fourth-order valence-electron chi connectivity index (χ4n) is 2.40. The van der Waals surface area contributed by atoms with Crippen molar-refractivity contribution in [1.29, 1.82) is 0 Å². The van der Waals surface area contributed by atoms with Gasteiger partial charge in [-0.25, -0.2) is 19.3 Å². The van der Waals surface area contributed by atoms with Crippen LogP contribution in [0.3, 0.4) is 0 Å². The first-order valence-corrected chi connectivity index (χ1v) is 7.56. The van der Waals surface area contributed by atoms with Gasteiger partial charge in [0.25, 0.3) is 0 Å². The molecule has 0 fully saturated rings. The van der Waals surface area contributed by atoms with E-state index in [4.69, 9.17) is 0 Å². The molecule has 0 atom stereocenters. The first-order chi connectivity index (χ1) is 10.6. The molecule has 0 unspecified atom stereocenters. The van der Waals surface area contributed by atoms with E-state index in [0.29, 0.717) is 16.9 Å². The number of aryl methyl sites for hydroxylation is 1. The van der Waals surface area contributed by atoms with E-state index < -0.39 is 0 Å². The van der Waals surface area contributed by atoms with Gasteiger partial charge in [0.05, 0.1) is 11.4 Å². The van der Waals surface area contributed by atoms with Crippen LogP contribution in [-0.2, 0) is 0 Å². The third kappa shape index (κ3) is 2.01. The highest BCUT2D eigenvalue weighted by Gasteiger charge is 2.11. The zero-order chi connectivity index (χ0) is 15.3. The SMILES string of the molecule is CNc1nc2ccc(-c3cc(F)c4nc(C)cn4c3)nc2s1. The fourth-order valence-corrected chi connectivity index (χ4v) is 3.20. The number of thiazole rings is 1. The Kier molecular flexibility index (Phi) is 2.83. The minimum Gasteiger partial charge on any atom is -0.365 e. The summed E-state index contributed by atoms with van der Waals surface area (Å²) < 4.78 is 15.9. The van der Waals surface area contributed by atoms with Gasteiger partial charge in [0.2, 0.25) is 0 Å². The van der Waals surface area contributed by atoms with Crippen LogP contribution in [0.15, 0.2) is 30.6 Å². The largest absolute Gasteiger partial charge is 0.365 e. The highest BCUT2D eigenvalue weighted by atomic mass is 32.1. The summed E-state index contributed by atoms with van der Waals surface area (Å²) in [5, 5.41) is 3.82. The number of halogens is 1. The lowest BCUT2D eigenvalue weighted by Crippen LogP contribution is -1.92. The van der Waals surface area contributed by atoms with Crippen molar-refractivity contribution in [2.45, 2.75) is 6.92 Å². The van der Waals surface area contributed by atoms with Crippen LogP contribution in [0.4, 0.5) is 9.52 Å². The summed E-state index contributed by atoms with van der Waals surface area (Å²) in [5.41, 5.74) is 3.37. The molecule has 1 N–H and O–H groups in total. The molecule has 110 valence electrons. The van der Waals surface area contributed by atoms with Crippen molar-refractivity contribution in [3.8, 4) is 11.3 Å². The molecule has 0 saturated heterocycles. The molecular formula is C15H12FN5S. The van der Waals surface area contributed by atoms with Crippen LogP contribution in [0.1, 0.15) is 5.69 Å². The normalized spacial score (nSPS) is 11.4. The summed E-state index contributed by atoms with van der Waals surface area (Å²) in [5.74, 6) is -0.354. The third-order valence-electron chi connectivity index (χ3n) is 3.39. The van der Waals surface area contributed by atoms with Gasteiger partial charge in [-0.05, 0) is 25.1 Å². The maximum Gasteiger partial charge on any atom is 0.185 e. The molecule has 0 aliphatic carbocycles. The van der Waals surface area contributed by atoms with Crippen LogP contribution in [0.2, 0.25) is 0 Å². The van der Waals surface area contributed by atoms with Crippen molar-refractivity contribution in [1.82, 2.24) is 19.4 Å². The number of hydrogen-bond donors (Lipinski definition) is 1. The maximum absolute atomic E-state index is 14.2. The van der Waals surface area contributed by atoms with E-state index >= 15 is 0 Å². The monoisotopic (exact) mass is 313 g/mol. The molecule has 4 rings (SSSR count). The average Bonchev–Trinajstić information content (AvgIpc) is 3.08. The average molecular weight is 313 g/mol. The minimum absolute atomic E-state index is 0.331. The molecule has 0 aliphatic rings. The summed E-state index contributed by atoms with van der Waals surface area (Å²) in [6.45, 7) is 1.84. The van der Waals surface area contributed by atoms with Crippen molar-refractivity contribution < 1.29 is 4.39 Å². The van der Waals surface area contributed by atoms with E-state index in [-0.39, 0.29) is 5.82 Å². The van der Waals surface area contributed by atoms with Crippen LogP contribution in [0.25, 0.3) is 27.3 Å². The number of pyridine rings is 2. The van der Waals surface area contributed by atoms with Crippen molar-refractivity contribution in [2.75, 3.05) is 12.4 Å². The smallest absolute Gasteiger partial charge is 0.185 e.